The number of carbonyl (C=O) groups excluding carboxylic acids is 1. The largest absolute Gasteiger partial charge is 0.364 e. The standard InChI is InChI=1S/C17H21ClN4O/c1-10-6-11(2)15(12(18)7-10)21-16(23)13-8-20-14(9-19-13)22-17(3,4)5/h6-9H,1-5H3,(H,20,22)(H,21,23). The molecule has 0 saturated carbocycles. The van der Waals surface area contributed by atoms with Crippen LogP contribution in [0.5, 0.6) is 0 Å². The molecular formula is C17H21ClN4O. The van der Waals surface area contributed by atoms with Gasteiger partial charge in [0, 0.05) is 5.54 Å². The van der Waals surface area contributed by atoms with E-state index in [0.717, 1.165) is 11.1 Å². The average Bonchev–Trinajstić information content (AvgIpc) is 2.41. The Labute approximate surface area is 141 Å². The summed E-state index contributed by atoms with van der Waals surface area (Å²) in [5.41, 5.74) is 2.66. The highest BCUT2D eigenvalue weighted by molar-refractivity contribution is 6.34. The summed E-state index contributed by atoms with van der Waals surface area (Å²) in [6, 6.07) is 3.77. The van der Waals surface area contributed by atoms with Crippen LogP contribution in [0.25, 0.3) is 0 Å². The molecule has 1 aromatic heterocycles. The van der Waals surface area contributed by atoms with E-state index in [-0.39, 0.29) is 17.1 Å². The third kappa shape index (κ3) is 4.66. The Hall–Kier alpha value is -2.14. The number of rotatable bonds is 3. The third-order valence-corrected chi connectivity index (χ3v) is 3.36. The van der Waals surface area contributed by atoms with Crippen molar-refractivity contribution in [2.45, 2.75) is 40.2 Å². The van der Waals surface area contributed by atoms with Gasteiger partial charge in [-0.15, -0.1) is 0 Å². The van der Waals surface area contributed by atoms with Crippen molar-refractivity contribution < 1.29 is 4.79 Å². The van der Waals surface area contributed by atoms with Crippen LogP contribution in [0.2, 0.25) is 5.02 Å². The van der Waals surface area contributed by atoms with Crippen molar-refractivity contribution in [2.24, 2.45) is 0 Å². The average molecular weight is 333 g/mol. The number of aromatic nitrogens is 2. The lowest BCUT2D eigenvalue weighted by atomic mass is 10.1. The minimum atomic E-state index is -0.339. The van der Waals surface area contributed by atoms with Crippen molar-refractivity contribution in [1.29, 1.82) is 0 Å². The van der Waals surface area contributed by atoms with Gasteiger partial charge in [-0.2, -0.15) is 0 Å². The highest BCUT2D eigenvalue weighted by atomic mass is 35.5. The molecular weight excluding hydrogens is 312 g/mol. The van der Waals surface area contributed by atoms with Gasteiger partial charge in [-0.3, -0.25) is 4.79 Å². The molecule has 0 fully saturated rings. The van der Waals surface area contributed by atoms with E-state index in [1.807, 2.05) is 46.8 Å². The number of aryl methyl sites for hydroxylation is 2. The van der Waals surface area contributed by atoms with Crippen LogP contribution in [0.1, 0.15) is 42.4 Å². The highest BCUT2D eigenvalue weighted by Crippen LogP contribution is 2.27. The van der Waals surface area contributed by atoms with Gasteiger partial charge in [-0.05, 0) is 51.8 Å². The van der Waals surface area contributed by atoms with Crippen LogP contribution in [-0.4, -0.2) is 21.4 Å². The predicted octanol–water partition coefficient (Wildman–Crippen LogP) is 4.21. The first-order chi connectivity index (χ1) is 10.7. The van der Waals surface area contributed by atoms with Gasteiger partial charge in [0.25, 0.3) is 5.91 Å². The summed E-state index contributed by atoms with van der Waals surface area (Å²) in [6.45, 7) is 9.93. The van der Waals surface area contributed by atoms with Crippen molar-refractivity contribution in [3.8, 4) is 0 Å². The third-order valence-electron chi connectivity index (χ3n) is 3.06. The molecule has 2 rings (SSSR count). The minimum Gasteiger partial charge on any atom is -0.364 e. The second-order valence-corrected chi connectivity index (χ2v) is 6.96. The number of halogens is 1. The Morgan fingerprint density at radius 2 is 1.83 bits per heavy atom. The zero-order valence-electron chi connectivity index (χ0n) is 14.0. The first-order valence-electron chi connectivity index (χ1n) is 7.34. The van der Waals surface area contributed by atoms with E-state index in [4.69, 9.17) is 11.6 Å². The number of nitrogens with one attached hydrogen (secondary N) is 2. The van der Waals surface area contributed by atoms with Crippen molar-refractivity contribution in [1.82, 2.24) is 9.97 Å². The summed E-state index contributed by atoms with van der Waals surface area (Å²) >= 11 is 6.20. The molecule has 122 valence electrons. The Morgan fingerprint density at radius 3 is 2.35 bits per heavy atom. The monoisotopic (exact) mass is 332 g/mol. The van der Waals surface area contributed by atoms with Crippen LogP contribution in [0.4, 0.5) is 11.5 Å². The predicted molar refractivity (Wildman–Crippen MR) is 94.3 cm³/mol. The van der Waals surface area contributed by atoms with Crippen molar-refractivity contribution in [2.75, 3.05) is 10.6 Å². The number of hydrogen-bond acceptors (Lipinski definition) is 4. The first-order valence-corrected chi connectivity index (χ1v) is 7.72. The Kier molecular flexibility index (Phi) is 4.90. The molecule has 2 aromatic rings. The Morgan fingerprint density at radius 1 is 1.13 bits per heavy atom. The molecule has 1 heterocycles. The second kappa shape index (κ2) is 6.54. The van der Waals surface area contributed by atoms with Crippen LogP contribution in [-0.2, 0) is 0 Å². The van der Waals surface area contributed by atoms with E-state index >= 15 is 0 Å². The fraction of sp³-hybridized carbons (Fsp3) is 0.353. The summed E-state index contributed by atoms with van der Waals surface area (Å²) < 4.78 is 0. The molecule has 2 N–H and O–H groups in total. The van der Waals surface area contributed by atoms with E-state index in [2.05, 4.69) is 20.6 Å². The van der Waals surface area contributed by atoms with Crippen LogP contribution in [0, 0.1) is 13.8 Å². The molecule has 0 radical (unpaired) electrons. The van der Waals surface area contributed by atoms with Crippen LogP contribution in [0.15, 0.2) is 24.5 Å². The summed E-state index contributed by atoms with van der Waals surface area (Å²) in [5, 5.41) is 6.50. The molecule has 0 aliphatic heterocycles. The molecule has 23 heavy (non-hydrogen) atoms. The molecule has 0 atom stereocenters. The fourth-order valence-corrected chi connectivity index (χ4v) is 2.51. The zero-order chi connectivity index (χ0) is 17.2. The van der Waals surface area contributed by atoms with Gasteiger partial charge < -0.3 is 10.6 Å². The molecule has 1 amide bonds. The lowest BCUT2D eigenvalue weighted by Crippen LogP contribution is -2.27. The minimum absolute atomic E-state index is 0.120. The van der Waals surface area contributed by atoms with Crippen molar-refractivity contribution >= 4 is 29.0 Å². The molecule has 0 unspecified atom stereocenters. The van der Waals surface area contributed by atoms with Gasteiger partial charge in [0.2, 0.25) is 0 Å². The molecule has 0 bridgehead atoms. The van der Waals surface area contributed by atoms with E-state index in [1.54, 1.807) is 6.20 Å². The number of nitrogens with zero attached hydrogens (tertiary/aromatic N) is 2. The maximum absolute atomic E-state index is 12.3. The SMILES string of the molecule is Cc1cc(C)c(NC(=O)c2cnc(NC(C)(C)C)cn2)c(Cl)c1. The molecule has 0 saturated heterocycles. The number of amides is 1. The smallest absolute Gasteiger partial charge is 0.275 e. The summed E-state index contributed by atoms with van der Waals surface area (Å²) in [4.78, 5) is 20.7. The molecule has 5 nitrogen and oxygen atoms in total. The molecule has 6 heteroatoms. The van der Waals surface area contributed by atoms with Gasteiger partial charge in [-0.1, -0.05) is 17.7 Å². The maximum Gasteiger partial charge on any atom is 0.275 e. The second-order valence-electron chi connectivity index (χ2n) is 6.55. The molecule has 0 aliphatic carbocycles. The Bertz CT molecular complexity index is 697. The summed E-state index contributed by atoms with van der Waals surface area (Å²) in [6.07, 6.45) is 2.99. The number of hydrogen-bond donors (Lipinski definition) is 2. The van der Waals surface area contributed by atoms with Crippen LogP contribution in [0.3, 0.4) is 0 Å². The highest BCUT2D eigenvalue weighted by Gasteiger charge is 2.14. The van der Waals surface area contributed by atoms with E-state index in [1.165, 1.54) is 6.20 Å². The molecule has 0 spiro atoms. The first kappa shape index (κ1) is 17.2. The van der Waals surface area contributed by atoms with Gasteiger partial charge in [0.1, 0.15) is 11.5 Å². The van der Waals surface area contributed by atoms with Gasteiger partial charge in [0.15, 0.2) is 0 Å². The summed E-state index contributed by atoms with van der Waals surface area (Å²) in [7, 11) is 0. The quantitative estimate of drug-likeness (QED) is 0.883. The molecule has 0 aliphatic rings. The molecule has 1 aromatic carbocycles. The lowest BCUT2D eigenvalue weighted by Gasteiger charge is -2.20. The maximum atomic E-state index is 12.3. The van der Waals surface area contributed by atoms with Crippen LogP contribution < -0.4 is 10.6 Å². The van der Waals surface area contributed by atoms with E-state index in [0.29, 0.717) is 16.5 Å². The van der Waals surface area contributed by atoms with Gasteiger partial charge in [-0.25, -0.2) is 9.97 Å². The Balaban J connectivity index is 2.16. The normalized spacial score (nSPS) is 11.2. The van der Waals surface area contributed by atoms with E-state index < -0.39 is 0 Å². The topological polar surface area (TPSA) is 66.9 Å². The van der Waals surface area contributed by atoms with Crippen molar-refractivity contribution in [3.63, 3.8) is 0 Å². The number of benzene rings is 1. The number of carbonyl (C=O) groups is 1. The van der Waals surface area contributed by atoms with Crippen molar-refractivity contribution in [3.05, 3.63) is 46.4 Å². The fourth-order valence-electron chi connectivity index (χ4n) is 2.15. The van der Waals surface area contributed by atoms with Crippen LogP contribution >= 0.6 is 11.6 Å². The van der Waals surface area contributed by atoms with E-state index in [9.17, 15) is 4.79 Å². The van der Waals surface area contributed by atoms with Gasteiger partial charge >= 0.3 is 0 Å². The lowest BCUT2D eigenvalue weighted by molar-refractivity contribution is 0.102. The zero-order valence-corrected chi connectivity index (χ0v) is 14.7. The number of anilines is 2. The summed E-state index contributed by atoms with van der Waals surface area (Å²) in [5.74, 6) is 0.285. The van der Waals surface area contributed by atoms with Gasteiger partial charge in [0.05, 0.1) is 23.1 Å².